The van der Waals surface area contributed by atoms with Gasteiger partial charge in [0.05, 0.1) is 12.1 Å². The fourth-order valence-electron chi connectivity index (χ4n) is 4.22. The molecule has 2 rings (SSSR count). The normalized spacial score (nSPS) is 21.4. The number of carbonyl (C=O) groups excluding carboxylic acids is 3. The van der Waals surface area contributed by atoms with E-state index in [2.05, 4.69) is 31.9 Å². The Morgan fingerprint density at radius 1 is 0.848 bits per heavy atom. The van der Waals surface area contributed by atoms with Crippen LogP contribution in [0.25, 0.3) is 0 Å². The number of nitrogens with one attached hydrogen (secondary N) is 6. The minimum Gasteiger partial charge on any atom is -0.356 e. The average Bonchev–Trinajstić information content (AvgIpc) is 3.34. The van der Waals surface area contributed by atoms with Crippen molar-refractivity contribution in [2.75, 3.05) is 45.5 Å². The highest BCUT2D eigenvalue weighted by Crippen LogP contribution is 2.33. The molecule has 2 saturated heterocycles. The van der Waals surface area contributed by atoms with E-state index in [1.165, 1.54) is 0 Å². The fraction of sp³-hybridized carbons (Fsp3) is 0.870. The van der Waals surface area contributed by atoms with E-state index >= 15 is 0 Å². The van der Waals surface area contributed by atoms with Gasteiger partial charge in [0.2, 0.25) is 11.8 Å². The highest BCUT2D eigenvalue weighted by molar-refractivity contribution is 8.00. The Labute approximate surface area is 203 Å². The summed E-state index contributed by atoms with van der Waals surface area (Å²) in [5.41, 5.74) is 0. The standard InChI is InChI=1S/C23H44N6O3S/c1-24-12-7-14-25-13-6-2-3-10-20(30)26-15-8-16-27-21(31)11-5-4-9-19-22-18(17-33-19)28-23(32)29-22/h18-19,22,24-25H,2-17H2,1H3,(H,26,30)(H,27,31)(H2,28,29,32). The number of urea groups is 1. The molecule has 0 aromatic carbocycles. The van der Waals surface area contributed by atoms with Crippen molar-refractivity contribution < 1.29 is 14.4 Å². The summed E-state index contributed by atoms with van der Waals surface area (Å²) in [6.07, 6.45) is 8.98. The fourth-order valence-corrected chi connectivity index (χ4v) is 5.77. The lowest BCUT2D eigenvalue weighted by Gasteiger charge is -2.16. The molecule has 2 heterocycles. The van der Waals surface area contributed by atoms with Gasteiger partial charge in [-0.05, 0) is 65.2 Å². The van der Waals surface area contributed by atoms with Crippen LogP contribution in [0.5, 0.6) is 0 Å². The van der Waals surface area contributed by atoms with E-state index in [4.69, 9.17) is 0 Å². The lowest BCUT2D eigenvalue weighted by atomic mass is 10.0. The second kappa shape index (κ2) is 17.0. The molecule has 10 heteroatoms. The van der Waals surface area contributed by atoms with Gasteiger partial charge in [-0.2, -0.15) is 11.8 Å². The van der Waals surface area contributed by atoms with Crippen molar-refractivity contribution in [2.24, 2.45) is 0 Å². The molecular formula is C23H44N6O3S. The third-order valence-corrected chi connectivity index (χ3v) is 7.62. The van der Waals surface area contributed by atoms with Crippen molar-refractivity contribution in [1.82, 2.24) is 31.9 Å². The summed E-state index contributed by atoms with van der Waals surface area (Å²) in [5, 5.41) is 18.8. The van der Waals surface area contributed by atoms with Gasteiger partial charge in [-0.1, -0.05) is 12.8 Å². The Bertz CT molecular complexity index is 595. The van der Waals surface area contributed by atoms with Crippen molar-refractivity contribution in [3.05, 3.63) is 0 Å². The smallest absolute Gasteiger partial charge is 0.315 e. The van der Waals surface area contributed by atoms with Gasteiger partial charge >= 0.3 is 6.03 Å². The first-order chi connectivity index (χ1) is 16.1. The average molecular weight is 485 g/mol. The van der Waals surface area contributed by atoms with E-state index in [-0.39, 0.29) is 29.9 Å². The van der Waals surface area contributed by atoms with Crippen LogP contribution in [-0.2, 0) is 9.59 Å². The largest absolute Gasteiger partial charge is 0.356 e. The van der Waals surface area contributed by atoms with Crippen molar-refractivity contribution >= 4 is 29.6 Å². The van der Waals surface area contributed by atoms with Crippen molar-refractivity contribution in [2.45, 2.75) is 81.5 Å². The van der Waals surface area contributed by atoms with E-state index in [0.717, 1.165) is 76.8 Å². The molecule has 4 amide bonds. The molecule has 3 atom stereocenters. The molecule has 190 valence electrons. The van der Waals surface area contributed by atoms with Crippen molar-refractivity contribution in [3.8, 4) is 0 Å². The minimum atomic E-state index is -0.0508. The van der Waals surface area contributed by atoms with Crippen LogP contribution in [0.15, 0.2) is 0 Å². The second-order valence-corrected chi connectivity index (χ2v) is 10.2. The molecule has 2 fully saturated rings. The second-order valence-electron chi connectivity index (χ2n) is 8.94. The molecule has 0 aliphatic carbocycles. The topological polar surface area (TPSA) is 123 Å². The van der Waals surface area contributed by atoms with Crippen LogP contribution in [-0.4, -0.2) is 80.7 Å². The molecule has 0 aromatic heterocycles. The van der Waals surface area contributed by atoms with E-state index in [0.29, 0.717) is 31.2 Å². The molecule has 9 nitrogen and oxygen atoms in total. The third-order valence-electron chi connectivity index (χ3n) is 6.12. The number of fused-ring (bicyclic) bond motifs is 1. The number of hydrogen-bond acceptors (Lipinski definition) is 6. The Morgan fingerprint density at radius 3 is 2.24 bits per heavy atom. The predicted molar refractivity (Wildman–Crippen MR) is 134 cm³/mol. The van der Waals surface area contributed by atoms with Crippen molar-refractivity contribution in [3.63, 3.8) is 0 Å². The molecular weight excluding hydrogens is 440 g/mol. The maximum absolute atomic E-state index is 12.0. The molecule has 0 aromatic rings. The predicted octanol–water partition coefficient (Wildman–Crippen LogP) is 1.09. The van der Waals surface area contributed by atoms with Gasteiger partial charge in [0.25, 0.3) is 0 Å². The maximum atomic E-state index is 12.0. The monoisotopic (exact) mass is 484 g/mol. The number of carbonyl (C=O) groups is 3. The third kappa shape index (κ3) is 12.0. The van der Waals surface area contributed by atoms with Crippen LogP contribution in [0.4, 0.5) is 4.79 Å². The Balaban J connectivity index is 1.33. The van der Waals surface area contributed by atoms with Crippen LogP contribution < -0.4 is 31.9 Å². The van der Waals surface area contributed by atoms with Crippen LogP contribution in [0.2, 0.25) is 0 Å². The van der Waals surface area contributed by atoms with Gasteiger partial charge in [-0.15, -0.1) is 0 Å². The number of amides is 4. The molecule has 0 radical (unpaired) electrons. The van der Waals surface area contributed by atoms with Crippen LogP contribution in [0.3, 0.4) is 0 Å². The summed E-state index contributed by atoms with van der Waals surface area (Å²) in [6, 6.07) is 0.448. The first kappa shape index (κ1) is 27.7. The van der Waals surface area contributed by atoms with Crippen LogP contribution in [0, 0.1) is 0 Å². The molecule has 33 heavy (non-hydrogen) atoms. The van der Waals surface area contributed by atoms with E-state index in [1.54, 1.807) is 0 Å². The van der Waals surface area contributed by atoms with Crippen LogP contribution >= 0.6 is 11.8 Å². The summed E-state index contributed by atoms with van der Waals surface area (Å²) in [4.78, 5) is 35.3. The van der Waals surface area contributed by atoms with Gasteiger partial charge in [0, 0.05) is 36.9 Å². The first-order valence-electron chi connectivity index (χ1n) is 12.7. The maximum Gasteiger partial charge on any atom is 0.315 e. The van der Waals surface area contributed by atoms with Gasteiger partial charge in [0.15, 0.2) is 0 Å². The van der Waals surface area contributed by atoms with Gasteiger partial charge < -0.3 is 31.9 Å². The zero-order valence-electron chi connectivity index (χ0n) is 20.2. The van der Waals surface area contributed by atoms with Crippen LogP contribution in [0.1, 0.15) is 64.2 Å². The summed E-state index contributed by atoms with van der Waals surface area (Å²) in [5.74, 6) is 1.15. The Hall–Kier alpha value is -1.52. The Morgan fingerprint density at radius 2 is 1.52 bits per heavy atom. The number of rotatable bonds is 19. The Kier molecular flexibility index (Phi) is 14.3. The summed E-state index contributed by atoms with van der Waals surface area (Å²) < 4.78 is 0. The highest BCUT2D eigenvalue weighted by atomic mass is 32.2. The van der Waals surface area contributed by atoms with Gasteiger partial charge in [0.1, 0.15) is 0 Å². The molecule has 0 saturated carbocycles. The summed E-state index contributed by atoms with van der Waals surface area (Å²) >= 11 is 1.91. The van der Waals surface area contributed by atoms with E-state index in [9.17, 15) is 14.4 Å². The number of unbranched alkanes of at least 4 members (excludes halogenated alkanes) is 3. The molecule has 2 aliphatic rings. The van der Waals surface area contributed by atoms with Crippen molar-refractivity contribution in [1.29, 1.82) is 0 Å². The number of thioether (sulfide) groups is 1. The highest BCUT2D eigenvalue weighted by Gasteiger charge is 2.42. The SMILES string of the molecule is CNCCCNCCCCCC(=O)NCCCNC(=O)CCCCC1SCC2NC(=O)NC21. The summed E-state index contributed by atoms with van der Waals surface area (Å²) in [6.45, 7) is 4.29. The van der Waals surface area contributed by atoms with E-state index in [1.807, 2.05) is 18.8 Å². The molecule has 6 N–H and O–H groups in total. The summed E-state index contributed by atoms with van der Waals surface area (Å²) in [7, 11) is 1.96. The molecule has 3 unspecified atom stereocenters. The minimum absolute atomic E-state index is 0.0508. The number of hydrogen-bond donors (Lipinski definition) is 6. The lowest BCUT2D eigenvalue weighted by molar-refractivity contribution is -0.121. The molecule has 0 spiro atoms. The first-order valence-corrected chi connectivity index (χ1v) is 13.7. The van der Waals surface area contributed by atoms with E-state index < -0.39 is 0 Å². The zero-order chi connectivity index (χ0) is 23.7. The quantitative estimate of drug-likeness (QED) is 0.121. The molecule has 0 bridgehead atoms. The van der Waals surface area contributed by atoms with Gasteiger partial charge in [-0.25, -0.2) is 4.79 Å². The zero-order valence-corrected chi connectivity index (χ0v) is 21.0. The molecule has 2 aliphatic heterocycles. The van der Waals surface area contributed by atoms with Gasteiger partial charge in [-0.3, -0.25) is 9.59 Å². The lowest BCUT2D eigenvalue weighted by Crippen LogP contribution is -2.36.